The molecular weight excluding hydrogens is 352 g/mol. The Kier molecular flexibility index (Phi) is 6.34. The number of hydrogen-bond acceptors (Lipinski definition) is 5. The molecule has 1 heterocycles. The summed E-state index contributed by atoms with van der Waals surface area (Å²) in [5.74, 6) is 0.792. The lowest BCUT2D eigenvalue weighted by Crippen LogP contribution is -2.46. The molecule has 3 rings (SSSR count). The molecule has 1 aromatic rings. The van der Waals surface area contributed by atoms with E-state index < -0.39 is 15.3 Å². The zero-order chi connectivity index (χ0) is 18.6. The molecule has 0 radical (unpaired) electrons. The molecule has 1 aliphatic carbocycles. The van der Waals surface area contributed by atoms with Gasteiger partial charge in [0.2, 0.25) is 10.0 Å². The molecule has 26 heavy (non-hydrogen) atoms. The Morgan fingerprint density at radius 2 is 1.88 bits per heavy atom. The SMILES string of the molecule is COc1ccc(/C=C/C2C(S(=O)(=O)NC3CCCCC3)CON2C)cc1. The maximum absolute atomic E-state index is 12.9. The fraction of sp³-hybridized carbons (Fsp3) is 0.579. The summed E-state index contributed by atoms with van der Waals surface area (Å²) < 4.78 is 33.8. The molecule has 1 saturated carbocycles. The molecule has 144 valence electrons. The Balaban J connectivity index is 1.70. The van der Waals surface area contributed by atoms with Crippen molar-refractivity contribution in [3.8, 4) is 5.75 Å². The van der Waals surface area contributed by atoms with E-state index in [-0.39, 0.29) is 18.7 Å². The highest BCUT2D eigenvalue weighted by molar-refractivity contribution is 7.90. The van der Waals surface area contributed by atoms with Crippen molar-refractivity contribution in [3.63, 3.8) is 0 Å². The Hall–Kier alpha value is -1.41. The molecule has 2 unspecified atom stereocenters. The highest BCUT2D eigenvalue weighted by Crippen LogP contribution is 2.24. The standard InChI is InChI=1S/C19H28N2O4S/c1-21-18(13-10-15-8-11-17(24-2)12-9-15)19(14-25-21)26(22,23)20-16-6-4-3-5-7-16/h8-13,16,18-20H,3-7,14H2,1-2H3/b13-10+. The van der Waals surface area contributed by atoms with Crippen molar-refractivity contribution in [1.82, 2.24) is 9.79 Å². The van der Waals surface area contributed by atoms with Crippen molar-refractivity contribution in [3.05, 3.63) is 35.9 Å². The number of sulfonamides is 1. The van der Waals surface area contributed by atoms with Gasteiger partial charge in [-0.05, 0) is 30.5 Å². The number of benzene rings is 1. The first-order valence-electron chi connectivity index (χ1n) is 9.19. The Morgan fingerprint density at radius 3 is 2.54 bits per heavy atom. The van der Waals surface area contributed by atoms with Crippen LogP contribution < -0.4 is 9.46 Å². The van der Waals surface area contributed by atoms with Gasteiger partial charge in [-0.1, -0.05) is 43.5 Å². The number of methoxy groups -OCH3 is 1. The van der Waals surface area contributed by atoms with Gasteiger partial charge in [0.1, 0.15) is 11.0 Å². The molecule has 2 fully saturated rings. The van der Waals surface area contributed by atoms with Gasteiger partial charge < -0.3 is 4.74 Å². The number of nitrogens with one attached hydrogen (secondary N) is 1. The van der Waals surface area contributed by atoms with Crippen LogP contribution in [0.3, 0.4) is 0 Å². The first-order valence-corrected chi connectivity index (χ1v) is 10.7. The fourth-order valence-corrected chi connectivity index (χ4v) is 5.34. The summed E-state index contributed by atoms with van der Waals surface area (Å²) in [7, 11) is -0.0383. The average molecular weight is 381 g/mol. The van der Waals surface area contributed by atoms with Crippen molar-refractivity contribution in [1.29, 1.82) is 0 Å². The zero-order valence-corrected chi connectivity index (χ0v) is 16.2. The minimum absolute atomic E-state index is 0.0610. The smallest absolute Gasteiger partial charge is 0.219 e. The molecule has 0 spiro atoms. The number of hydroxylamine groups is 2. The fourth-order valence-electron chi connectivity index (χ4n) is 3.59. The maximum atomic E-state index is 12.9. The summed E-state index contributed by atoms with van der Waals surface area (Å²) in [5.41, 5.74) is 0.988. The van der Waals surface area contributed by atoms with Crippen molar-refractivity contribution in [2.75, 3.05) is 20.8 Å². The van der Waals surface area contributed by atoms with Gasteiger partial charge in [0, 0.05) is 13.1 Å². The average Bonchev–Trinajstić information content (AvgIpc) is 3.02. The van der Waals surface area contributed by atoms with Crippen molar-refractivity contribution < 1.29 is 18.0 Å². The van der Waals surface area contributed by atoms with Gasteiger partial charge in [0.05, 0.1) is 19.8 Å². The summed E-state index contributed by atoms with van der Waals surface area (Å²) in [4.78, 5) is 5.52. The largest absolute Gasteiger partial charge is 0.497 e. The van der Waals surface area contributed by atoms with Crippen LogP contribution in [0.25, 0.3) is 6.08 Å². The number of rotatable bonds is 6. The van der Waals surface area contributed by atoms with E-state index >= 15 is 0 Å². The Labute approximate surface area is 156 Å². The maximum Gasteiger partial charge on any atom is 0.219 e. The minimum Gasteiger partial charge on any atom is -0.497 e. The number of nitrogens with zero attached hydrogens (tertiary/aromatic N) is 1. The molecule has 0 aromatic heterocycles. The van der Waals surface area contributed by atoms with Crippen molar-refractivity contribution in [2.24, 2.45) is 0 Å². The van der Waals surface area contributed by atoms with Gasteiger partial charge in [-0.25, -0.2) is 13.1 Å². The van der Waals surface area contributed by atoms with Gasteiger partial charge in [-0.3, -0.25) is 4.84 Å². The first-order chi connectivity index (χ1) is 12.5. The van der Waals surface area contributed by atoms with Gasteiger partial charge in [-0.15, -0.1) is 0 Å². The lowest BCUT2D eigenvalue weighted by Gasteiger charge is -2.26. The van der Waals surface area contributed by atoms with E-state index in [9.17, 15) is 8.42 Å². The van der Waals surface area contributed by atoms with Gasteiger partial charge >= 0.3 is 0 Å². The molecule has 1 saturated heterocycles. The van der Waals surface area contributed by atoms with E-state index in [1.807, 2.05) is 36.4 Å². The predicted molar refractivity (Wildman–Crippen MR) is 102 cm³/mol. The molecule has 2 atom stereocenters. The van der Waals surface area contributed by atoms with E-state index in [4.69, 9.17) is 9.57 Å². The third-order valence-corrected chi connectivity index (χ3v) is 7.05. The van der Waals surface area contributed by atoms with Crippen LogP contribution >= 0.6 is 0 Å². The molecule has 1 N–H and O–H groups in total. The van der Waals surface area contributed by atoms with E-state index in [0.29, 0.717) is 0 Å². The number of ether oxygens (including phenoxy) is 1. The van der Waals surface area contributed by atoms with Gasteiger partial charge in [0.25, 0.3) is 0 Å². The van der Waals surface area contributed by atoms with Crippen molar-refractivity contribution in [2.45, 2.75) is 49.4 Å². The normalized spacial score (nSPS) is 25.8. The summed E-state index contributed by atoms with van der Waals surface area (Å²) >= 11 is 0. The van der Waals surface area contributed by atoms with E-state index in [1.54, 1.807) is 19.2 Å². The second-order valence-electron chi connectivity index (χ2n) is 7.00. The Bertz CT molecular complexity index is 712. The lowest BCUT2D eigenvalue weighted by molar-refractivity contribution is -0.100. The highest BCUT2D eigenvalue weighted by atomic mass is 32.2. The van der Waals surface area contributed by atoms with Crippen LogP contribution in [0.1, 0.15) is 37.7 Å². The summed E-state index contributed by atoms with van der Waals surface area (Å²) in [6.07, 6.45) is 9.06. The van der Waals surface area contributed by atoms with Crippen LogP contribution in [-0.4, -0.2) is 51.6 Å². The molecule has 0 amide bonds. The highest BCUT2D eigenvalue weighted by Gasteiger charge is 2.41. The molecule has 6 nitrogen and oxygen atoms in total. The van der Waals surface area contributed by atoms with Gasteiger partial charge in [0.15, 0.2) is 0 Å². The molecule has 2 aliphatic rings. The van der Waals surface area contributed by atoms with Gasteiger partial charge in [-0.2, -0.15) is 5.06 Å². The van der Waals surface area contributed by atoms with E-state index in [2.05, 4.69) is 4.72 Å². The third-order valence-electron chi connectivity index (χ3n) is 5.18. The molecule has 0 bridgehead atoms. The van der Waals surface area contributed by atoms with E-state index in [0.717, 1.165) is 37.0 Å². The summed E-state index contributed by atoms with van der Waals surface area (Å²) in [5, 5.41) is 1.02. The van der Waals surface area contributed by atoms with Crippen molar-refractivity contribution >= 4 is 16.1 Å². The number of hydrogen-bond donors (Lipinski definition) is 1. The molecule has 1 aliphatic heterocycles. The first kappa shape index (κ1) is 19.4. The number of likely N-dealkylation sites (N-methyl/N-ethyl adjacent to an activating group) is 1. The van der Waals surface area contributed by atoms with E-state index in [1.165, 1.54) is 6.42 Å². The van der Waals surface area contributed by atoms with Crippen LogP contribution in [0, 0.1) is 0 Å². The van der Waals surface area contributed by atoms with Crippen LogP contribution in [-0.2, 0) is 14.9 Å². The monoisotopic (exact) mass is 380 g/mol. The minimum atomic E-state index is -3.44. The lowest BCUT2D eigenvalue weighted by atomic mass is 9.96. The molecular formula is C19H28N2O4S. The van der Waals surface area contributed by atoms with Crippen LogP contribution in [0.5, 0.6) is 5.75 Å². The second-order valence-corrected chi connectivity index (χ2v) is 8.93. The van der Waals surface area contributed by atoms with Crippen LogP contribution in [0.2, 0.25) is 0 Å². The summed E-state index contributed by atoms with van der Waals surface area (Å²) in [6, 6.07) is 7.38. The summed E-state index contributed by atoms with van der Waals surface area (Å²) in [6.45, 7) is 0.177. The molecule has 1 aromatic carbocycles. The van der Waals surface area contributed by atoms with Crippen LogP contribution in [0.15, 0.2) is 30.3 Å². The van der Waals surface area contributed by atoms with Crippen LogP contribution in [0.4, 0.5) is 0 Å². The topological polar surface area (TPSA) is 67.9 Å². The quantitative estimate of drug-likeness (QED) is 0.822. The zero-order valence-electron chi connectivity index (χ0n) is 15.4. The second kappa shape index (κ2) is 8.52. The molecule has 7 heteroatoms. The third kappa shape index (κ3) is 4.65. The predicted octanol–water partition coefficient (Wildman–Crippen LogP) is 2.57. The Morgan fingerprint density at radius 1 is 1.19 bits per heavy atom.